The number of esters is 1. The summed E-state index contributed by atoms with van der Waals surface area (Å²) in [7, 11) is -2.68. The molecule has 0 unspecified atom stereocenters. The first-order valence-corrected chi connectivity index (χ1v) is 10.0. The second-order valence-electron chi connectivity index (χ2n) is 5.94. The van der Waals surface area contributed by atoms with E-state index in [1.165, 1.54) is 35.6 Å². The average molecular weight is 330 g/mol. The van der Waals surface area contributed by atoms with Crippen molar-refractivity contribution in [3.63, 3.8) is 0 Å². The molecule has 2 aromatic rings. The summed E-state index contributed by atoms with van der Waals surface area (Å²) in [5.41, 5.74) is 4.71. The van der Waals surface area contributed by atoms with Crippen molar-refractivity contribution in [2.24, 2.45) is 0 Å². The third-order valence-electron chi connectivity index (χ3n) is 3.87. The van der Waals surface area contributed by atoms with Crippen molar-refractivity contribution in [2.75, 3.05) is 26.5 Å². The van der Waals surface area contributed by atoms with Crippen LogP contribution in [-0.2, 0) is 18.6 Å². The molecule has 23 heavy (non-hydrogen) atoms. The highest BCUT2D eigenvalue weighted by Gasteiger charge is 2.29. The lowest BCUT2D eigenvalue weighted by Gasteiger charge is -2.14. The van der Waals surface area contributed by atoms with E-state index in [2.05, 4.69) is 24.3 Å². The fourth-order valence-electron chi connectivity index (χ4n) is 2.87. The van der Waals surface area contributed by atoms with Gasteiger partial charge in [-0.25, -0.2) is 4.79 Å². The molecule has 5 heteroatoms. The second kappa shape index (κ2) is 6.31. The maximum atomic E-state index is 11.8. The molecule has 0 aliphatic heterocycles. The Labute approximate surface area is 135 Å². The van der Waals surface area contributed by atoms with Crippen LogP contribution in [0.3, 0.4) is 0 Å². The third-order valence-corrected chi connectivity index (χ3v) is 4.62. The summed E-state index contributed by atoms with van der Waals surface area (Å²) in [5, 5.41) is 0. The van der Waals surface area contributed by atoms with E-state index >= 15 is 0 Å². The molecule has 0 amide bonds. The lowest BCUT2D eigenvalue weighted by molar-refractivity contribution is -0.146. The standard InChI is InChI=1S/C18H19O4P/c1-23(2,20)22-12-18(19)21-11-17-15-9-5-3-7-13(15)14-8-4-6-10-16(14)17/h3-10,17H,11-12H2,1-2H3. The molecule has 3 rings (SSSR count). The monoisotopic (exact) mass is 330 g/mol. The fraction of sp³-hybridized carbons (Fsp3) is 0.278. The van der Waals surface area contributed by atoms with Gasteiger partial charge in [-0.3, -0.25) is 4.57 Å². The number of carbonyl (C=O) groups is 1. The number of benzene rings is 2. The first kappa shape index (κ1) is 16.0. The minimum absolute atomic E-state index is 0.0291. The van der Waals surface area contributed by atoms with Crippen molar-refractivity contribution < 1.29 is 18.6 Å². The Morgan fingerprint density at radius 3 is 2.04 bits per heavy atom. The minimum Gasteiger partial charge on any atom is -0.463 e. The molecule has 2 aromatic carbocycles. The fourth-order valence-corrected chi connectivity index (χ4v) is 3.28. The zero-order valence-electron chi connectivity index (χ0n) is 13.2. The Kier molecular flexibility index (Phi) is 4.38. The van der Waals surface area contributed by atoms with Crippen molar-refractivity contribution in [1.29, 1.82) is 0 Å². The number of ether oxygens (including phenoxy) is 1. The highest BCUT2D eigenvalue weighted by atomic mass is 31.2. The molecule has 0 heterocycles. The van der Waals surface area contributed by atoms with E-state index < -0.39 is 13.3 Å². The third kappa shape index (κ3) is 3.54. The normalized spacial score (nSPS) is 13.5. The minimum atomic E-state index is -2.68. The van der Waals surface area contributed by atoms with Gasteiger partial charge in [0.2, 0.25) is 0 Å². The Balaban J connectivity index is 1.73. The van der Waals surface area contributed by atoms with E-state index in [0.717, 1.165) is 0 Å². The molecular weight excluding hydrogens is 311 g/mol. The Morgan fingerprint density at radius 1 is 1.00 bits per heavy atom. The van der Waals surface area contributed by atoms with Crippen LogP contribution < -0.4 is 0 Å². The predicted octanol–water partition coefficient (Wildman–Crippen LogP) is 3.90. The van der Waals surface area contributed by atoms with Crippen molar-refractivity contribution in [3.8, 4) is 11.1 Å². The van der Waals surface area contributed by atoms with E-state index in [4.69, 9.17) is 9.26 Å². The Bertz CT molecular complexity index is 733. The predicted molar refractivity (Wildman–Crippen MR) is 90.1 cm³/mol. The van der Waals surface area contributed by atoms with E-state index in [0.29, 0.717) is 0 Å². The Morgan fingerprint density at radius 2 is 1.52 bits per heavy atom. The number of rotatable bonds is 5. The van der Waals surface area contributed by atoms with Crippen LogP contribution >= 0.6 is 7.37 Å². The van der Waals surface area contributed by atoms with Crippen molar-refractivity contribution >= 4 is 13.3 Å². The van der Waals surface area contributed by atoms with E-state index in [9.17, 15) is 9.36 Å². The highest BCUT2D eigenvalue weighted by molar-refractivity contribution is 7.57. The number of fused-ring (bicyclic) bond motifs is 3. The van der Waals surface area contributed by atoms with Crippen LogP contribution in [-0.4, -0.2) is 32.5 Å². The molecule has 1 aliphatic rings. The summed E-state index contributed by atoms with van der Waals surface area (Å²) >= 11 is 0. The quantitative estimate of drug-likeness (QED) is 0.616. The van der Waals surface area contributed by atoms with Gasteiger partial charge >= 0.3 is 5.97 Å². The molecule has 0 saturated heterocycles. The van der Waals surface area contributed by atoms with Crippen LogP contribution in [0.4, 0.5) is 0 Å². The van der Waals surface area contributed by atoms with E-state index in [1.54, 1.807) is 0 Å². The molecule has 4 nitrogen and oxygen atoms in total. The number of hydrogen-bond acceptors (Lipinski definition) is 4. The van der Waals surface area contributed by atoms with Gasteiger partial charge in [0.1, 0.15) is 6.61 Å². The summed E-state index contributed by atoms with van der Waals surface area (Å²) in [6.07, 6.45) is 0. The van der Waals surface area contributed by atoms with Gasteiger partial charge in [-0.05, 0) is 22.3 Å². The molecule has 0 saturated carbocycles. The second-order valence-corrected chi connectivity index (χ2v) is 8.70. The van der Waals surface area contributed by atoms with Crippen molar-refractivity contribution in [2.45, 2.75) is 5.92 Å². The van der Waals surface area contributed by atoms with Crippen molar-refractivity contribution in [3.05, 3.63) is 59.7 Å². The van der Waals surface area contributed by atoms with Crippen LogP contribution in [0.2, 0.25) is 0 Å². The largest absolute Gasteiger partial charge is 0.463 e. The van der Waals surface area contributed by atoms with Crippen LogP contribution in [0.5, 0.6) is 0 Å². The zero-order valence-corrected chi connectivity index (χ0v) is 14.1. The Hall–Kier alpha value is -1.90. The molecular formula is C18H19O4P. The lowest BCUT2D eigenvalue weighted by Crippen LogP contribution is -2.16. The maximum Gasteiger partial charge on any atom is 0.332 e. The van der Waals surface area contributed by atoms with Gasteiger partial charge in [0.05, 0.1) is 0 Å². The number of hydrogen-bond donors (Lipinski definition) is 0. The van der Waals surface area contributed by atoms with E-state index in [-0.39, 0.29) is 19.1 Å². The summed E-state index contributed by atoms with van der Waals surface area (Å²) in [4.78, 5) is 11.8. The smallest absolute Gasteiger partial charge is 0.332 e. The molecule has 1 aliphatic carbocycles. The molecule has 0 atom stereocenters. The van der Waals surface area contributed by atoms with E-state index in [1.807, 2.05) is 24.3 Å². The topological polar surface area (TPSA) is 52.6 Å². The summed E-state index contributed by atoms with van der Waals surface area (Å²) < 4.78 is 21.9. The van der Waals surface area contributed by atoms with Crippen molar-refractivity contribution in [1.82, 2.24) is 0 Å². The first-order valence-electron chi connectivity index (χ1n) is 7.49. The summed E-state index contributed by atoms with van der Waals surface area (Å²) in [6, 6.07) is 16.3. The number of carbonyl (C=O) groups excluding carboxylic acids is 1. The highest BCUT2D eigenvalue weighted by Crippen LogP contribution is 2.44. The van der Waals surface area contributed by atoms with Crippen LogP contribution in [0.1, 0.15) is 17.0 Å². The van der Waals surface area contributed by atoms with Gasteiger partial charge in [-0.15, -0.1) is 0 Å². The molecule has 0 spiro atoms. The van der Waals surface area contributed by atoms with Crippen LogP contribution in [0.15, 0.2) is 48.5 Å². The van der Waals surface area contributed by atoms with Gasteiger partial charge in [-0.2, -0.15) is 0 Å². The van der Waals surface area contributed by atoms with Gasteiger partial charge in [0.15, 0.2) is 14.0 Å². The van der Waals surface area contributed by atoms with Gasteiger partial charge in [0, 0.05) is 19.2 Å². The molecule has 120 valence electrons. The lowest BCUT2D eigenvalue weighted by atomic mass is 9.98. The van der Waals surface area contributed by atoms with Gasteiger partial charge in [-0.1, -0.05) is 48.5 Å². The average Bonchev–Trinajstić information content (AvgIpc) is 2.84. The zero-order chi connectivity index (χ0) is 16.4. The molecule has 0 radical (unpaired) electrons. The first-order chi connectivity index (χ1) is 11.0. The van der Waals surface area contributed by atoms with Gasteiger partial charge < -0.3 is 9.26 Å². The summed E-state index contributed by atoms with van der Waals surface area (Å²) in [5.74, 6) is -0.461. The molecule has 0 fully saturated rings. The molecule has 0 aromatic heterocycles. The van der Waals surface area contributed by atoms with Crippen LogP contribution in [0.25, 0.3) is 11.1 Å². The molecule has 0 bridgehead atoms. The summed E-state index contributed by atoms with van der Waals surface area (Å²) in [6.45, 7) is 2.93. The van der Waals surface area contributed by atoms with Crippen LogP contribution in [0, 0.1) is 0 Å². The van der Waals surface area contributed by atoms with Gasteiger partial charge in [0.25, 0.3) is 0 Å². The SMILES string of the molecule is CP(C)(=O)OCC(=O)OCC1c2ccccc2-c2ccccc21. The maximum absolute atomic E-state index is 11.8. The molecule has 0 N–H and O–H groups in total.